The summed E-state index contributed by atoms with van der Waals surface area (Å²) >= 11 is 0. The Morgan fingerprint density at radius 3 is 2.35 bits per heavy atom. The first-order valence-electron chi connectivity index (χ1n) is 12.0. The number of fused-ring (bicyclic) bond motifs is 1. The van der Waals surface area contributed by atoms with Gasteiger partial charge in [-0.3, -0.25) is 14.4 Å². The molecule has 1 unspecified atom stereocenters. The maximum Gasteiger partial charge on any atom is 0.259 e. The highest BCUT2D eigenvalue weighted by atomic mass is 16.2. The molecule has 0 bridgehead atoms. The number of nitrogens with one attached hydrogen (secondary N) is 1. The van der Waals surface area contributed by atoms with Crippen LogP contribution in [0.15, 0.2) is 24.3 Å². The average Bonchev–Trinajstić information content (AvgIpc) is 2.85. The highest BCUT2D eigenvalue weighted by Gasteiger charge is 2.43. The van der Waals surface area contributed by atoms with E-state index in [0.717, 1.165) is 51.4 Å². The van der Waals surface area contributed by atoms with Gasteiger partial charge in [0.05, 0.1) is 11.3 Å². The number of carbonyl (C=O) groups excluding carboxylic acids is 3. The molecule has 0 aromatic heterocycles. The number of anilines is 1. The number of para-hydroxylation sites is 1. The van der Waals surface area contributed by atoms with Crippen LogP contribution in [0.2, 0.25) is 0 Å². The van der Waals surface area contributed by atoms with Crippen molar-refractivity contribution in [1.29, 1.82) is 0 Å². The fraction of sp³-hybridized carbons (Fsp3) is 0.640. The van der Waals surface area contributed by atoms with Gasteiger partial charge in [0.15, 0.2) is 6.04 Å². The highest BCUT2D eigenvalue weighted by molar-refractivity contribution is 6.18. The molecule has 3 rings (SSSR count). The van der Waals surface area contributed by atoms with Gasteiger partial charge in [0.25, 0.3) is 17.7 Å². The largest absolute Gasteiger partial charge is 0.351 e. The Bertz CT molecular complexity index is 782. The molecule has 1 aliphatic heterocycles. The van der Waals surface area contributed by atoms with Gasteiger partial charge in [-0.1, -0.05) is 58.1 Å². The zero-order valence-corrected chi connectivity index (χ0v) is 19.2. The van der Waals surface area contributed by atoms with E-state index in [2.05, 4.69) is 19.2 Å². The third kappa shape index (κ3) is 5.28. The Balaban J connectivity index is 1.95. The van der Waals surface area contributed by atoms with Crippen LogP contribution in [0.4, 0.5) is 5.69 Å². The first kappa shape index (κ1) is 23.3. The fourth-order valence-electron chi connectivity index (χ4n) is 5.01. The lowest BCUT2D eigenvalue weighted by Gasteiger charge is -2.34. The van der Waals surface area contributed by atoms with Crippen molar-refractivity contribution in [3.05, 3.63) is 29.8 Å². The van der Waals surface area contributed by atoms with Crippen LogP contribution in [0, 0.1) is 5.92 Å². The van der Waals surface area contributed by atoms with Crippen molar-refractivity contribution in [2.24, 2.45) is 5.92 Å². The minimum absolute atomic E-state index is 0.0258. The van der Waals surface area contributed by atoms with Gasteiger partial charge in [0, 0.05) is 19.6 Å². The van der Waals surface area contributed by atoms with Crippen molar-refractivity contribution in [1.82, 2.24) is 10.2 Å². The van der Waals surface area contributed by atoms with Gasteiger partial charge in [0.2, 0.25) is 0 Å². The highest BCUT2D eigenvalue weighted by Crippen LogP contribution is 2.31. The topological polar surface area (TPSA) is 69.7 Å². The lowest BCUT2D eigenvalue weighted by Crippen LogP contribution is -2.58. The smallest absolute Gasteiger partial charge is 0.259 e. The molecular weight excluding hydrogens is 390 g/mol. The van der Waals surface area contributed by atoms with Crippen LogP contribution in [0.5, 0.6) is 0 Å². The maximum absolute atomic E-state index is 13.6. The Hall–Kier alpha value is -2.37. The number of likely N-dealkylation sites (N-methyl/N-ethyl adjacent to an activating group) is 1. The van der Waals surface area contributed by atoms with Gasteiger partial charge in [0.1, 0.15) is 0 Å². The predicted octanol–water partition coefficient (Wildman–Crippen LogP) is 4.14. The summed E-state index contributed by atoms with van der Waals surface area (Å²) in [7, 11) is 1.66. The second-order valence-corrected chi connectivity index (χ2v) is 9.06. The monoisotopic (exact) mass is 427 g/mol. The van der Waals surface area contributed by atoms with E-state index in [-0.39, 0.29) is 23.8 Å². The molecule has 1 aliphatic carbocycles. The van der Waals surface area contributed by atoms with E-state index < -0.39 is 6.04 Å². The van der Waals surface area contributed by atoms with Gasteiger partial charge in [-0.25, -0.2) is 0 Å². The third-order valence-corrected chi connectivity index (χ3v) is 6.68. The quantitative estimate of drug-likeness (QED) is 0.634. The lowest BCUT2D eigenvalue weighted by molar-refractivity contribution is -0.135. The van der Waals surface area contributed by atoms with Crippen molar-refractivity contribution in [3.8, 4) is 0 Å². The summed E-state index contributed by atoms with van der Waals surface area (Å²) in [5.74, 6) is -0.570. The number of benzene rings is 1. The lowest BCUT2D eigenvalue weighted by atomic mass is 9.88. The zero-order chi connectivity index (χ0) is 22.4. The molecule has 1 aromatic carbocycles. The average molecular weight is 428 g/mol. The van der Waals surface area contributed by atoms with Crippen molar-refractivity contribution in [3.63, 3.8) is 0 Å². The molecule has 2 aliphatic rings. The molecule has 0 saturated heterocycles. The van der Waals surface area contributed by atoms with Crippen LogP contribution in [0.3, 0.4) is 0 Å². The van der Waals surface area contributed by atoms with Crippen molar-refractivity contribution in [2.45, 2.75) is 83.7 Å². The van der Waals surface area contributed by atoms with E-state index in [0.29, 0.717) is 23.7 Å². The summed E-state index contributed by atoms with van der Waals surface area (Å²) in [6.07, 6.45) is 9.23. The number of carbonyl (C=O) groups is 3. The second kappa shape index (κ2) is 10.8. The maximum atomic E-state index is 13.6. The van der Waals surface area contributed by atoms with Crippen molar-refractivity contribution < 1.29 is 14.4 Å². The first-order chi connectivity index (χ1) is 15.0. The third-order valence-electron chi connectivity index (χ3n) is 6.68. The fourth-order valence-corrected chi connectivity index (χ4v) is 5.01. The Morgan fingerprint density at radius 1 is 1.06 bits per heavy atom. The number of rotatable bonds is 8. The summed E-state index contributed by atoms with van der Waals surface area (Å²) in [6.45, 7) is 4.64. The van der Waals surface area contributed by atoms with E-state index in [1.54, 1.807) is 24.1 Å². The van der Waals surface area contributed by atoms with Crippen LogP contribution in [0.1, 0.15) is 82.0 Å². The van der Waals surface area contributed by atoms with E-state index in [9.17, 15) is 14.4 Å². The van der Waals surface area contributed by atoms with Gasteiger partial charge in [-0.2, -0.15) is 0 Å². The number of hydrogen-bond acceptors (Lipinski definition) is 3. The molecule has 6 heteroatoms. The Kier molecular flexibility index (Phi) is 8.10. The molecule has 1 atom stereocenters. The van der Waals surface area contributed by atoms with Crippen molar-refractivity contribution >= 4 is 23.4 Å². The molecule has 6 nitrogen and oxygen atoms in total. The predicted molar refractivity (Wildman–Crippen MR) is 123 cm³/mol. The standard InChI is InChI=1S/C25H37N3O3/c1-4-11-19(12-5-2)26-23(29)22-25(31)27(3)21-16-10-9-15-20(21)24(30)28(22)17-18-13-7-6-8-14-18/h9-10,15-16,18-19,22H,4-8,11-14,17H2,1-3H3,(H,26,29). The van der Waals surface area contributed by atoms with Gasteiger partial charge >= 0.3 is 0 Å². The van der Waals surface area contributed by atoms with E-state index in [4.69, 9.17) is 0 Å². The molecule has 1 fully saturated rings. The van der Waals surface area contributed by atoms with Crippen LogP contribution in [-0.4, -0.2) is 48.3 Å². The molecule has 31 heavy (non-hydrogen) atoms. The second-order valence-electron chi connectivity index (χ2n) is 9.06. The normalized spacial score (nSPS) is 20.1. The number of nitrogens with zero attached hydrogens (tertiary/aromatic N) is 2. The van der Waals surface area contributed by atoms with Crippen LogP contribution in [-0.2, 0) is 9.59 Å². The minimum Gasteiger partial charge on any atom is -0.351 e. The van der Waals surface area contributed by atoms with Gasteiger partial charge in [-0.05, 0) is 43.7 Å². The molecule has 170 valence electrons. The molecule has 1 heterocycles. The van der Waals surface area contributed by atoms with Crippen LogP contribution < -0.4 is 10.2 Å². The summed E-state index contributed by atoms with van der Waals surface area (Å²) in [6, 6.07) is 6.07. The van der Waals surface area contributed by atoms with E-state index in [1.165, 1.54) is 11.3 Å². The molecular formula is C25H37N3O3. The summed E-state index contributed by atoms with van der Waals surface area (Å²) in [5, 5.41) is 3.10. The number of amides is 3. The molecule has 1 aromatic rings. The minimum atomic E-state index is -1.12. The zero-order valence-electron chi connectivity index (χ0n) is 19.2. The summed E-state index contributed by atoms with van der Waals surface area (Å²) in [4.78, 5) is 43.6. The van der Waals surface area contributed by atoms with Crippen LogP contribution in [0.25, 0.3) is 0 Å². The van der Waals surface area contributed by atoms with E-state index in [1.807, 2.05) is 12.1 Å². The van der Waals surface area contributed by atoms with Gasteiger partial charge < -0.3 is 15.1 Å². The molecule has 0 radical (unpaired) electrons. The van der Waals surface area contributed by atoms with E-state index >= 15 is 0 Å². The molecule has 1 saturated carbocycles. The van der Waals surface area contributed by atoms with Crippen LogP contribution >= 0.6 is 0 Å². The summed E-state index contributed by atoms with van der Waals surface area (Å²) < 4.78 is 0. The van der Waals surface area contributed by atoms with Gasteiger partial charge in [-0.15, -0.1) is 0 Å². The van der Waals surface area contributed by atoms with Crippen molar-refractivity contribution in [2.75, 3.05) is 18.5 Å². The summed E-state index contributed by atoms with van der Waals surface area (Å²) in [5.41, 5.74) is 1.06. The number of hydrogen-bond donors (Lipinski definition) is 1. The Labute approximate surface area is 186 Å². The molecule has 0 spiro atoms. The molecule has 1 N–H and O–H groups in total. The molecule has 3 amide bonds. The first-order valence-corrected chi connectivity index (χ1v) is 12.0. The SMILES string of the molecule is CCCC(CCC)NC(=O)C1C(=O)N(C)c2ccccc2C(=O)N1CC1CCCCC1. The Morgan fingerprint density at radius 2 is 1.71 bits per heavy atom.